The van der Waals surface area contributed by atoms with E-state index in [1.807, 2.05) is 36.4 Å². The SMILES string of the molecule is O=C(O)CCc1cccc(NC(=O)COCCOc2ccccc2)c1. The topological polar surface area (TPSA) is 84.9 Å². The van der Waals surface area contributed by atoms with Gasteiger partial charge in [-0.15, -0.1) is 0 Å². The minimum Gasteiger partial charge on any atom is -0.491 e. The number of aryl methyl sites for hydroxylation is 1. The molecular weight excluding hydrogens is 322 g/mol. The molecule has 0 fully saturated rings. The molecule has 0 saturated heterocycles. The Kier molecular flexibility index (Phi) is 7.46. The van der Waals surface area contributed by atoms with E-state index >= 15 is 0 Å². The molecule has 0 spiro atoms. The van der Waals surface area contributed by atoms with Crippen molar-refractivity contribution in [2.45, 2.75) is 12.8 Å². The standard InChI is InChI=1S/C19H21NO5/c21-18(14-24-11-12-25-17-7-2-1-3-8-17)20-16-6-4-5-15(13-16)9-10-19(22)23/h1-8,13H,9-12,14H2,(H,20,21)(H,22,23). The molecule has 6 nitrogen and oxygen atoms in total. The number of carbonyl (C=O) groups is 2. The Labute approximate surface area is 146 Å². The van der Waals surface area contributed by atoms with Crippen molar-refractivity contribution in [3.63, 3.8) is 0 Å². The van der Waals surface area contributed by atoms with Crippen LogP contribution in [0.5, 0.6) is 5.75 Å². The van der Waals surface area contributed by atoms with E-state index < -0.39 is 5.97 Å². The van der Waals surface area contributed by atoms with E-state index in [0.717, 1.165) is 11.3 Å². The summed E-state index contributed by atoms with van der Waals surface area (Å²) >= 11 is 0. The molecule has 0 atom stereocenters. The average molecular weight is 343 g/mol. The molecule has 0 radical (unpaired) electrons. The molecule has 0 aliphatic rings. The Morgan fingerprint density at radius 3 is 2.56 bits per heavy atom. The van der Waals surface area contributed by atoms with E-state index in [0.29, 0.717) is 25.3 Å². The normalized spacial score (nSPS) is 10.2. The number of benzene rings is 2. The summed E-state index contributed by atoms with van der Waals surface area (Å²) < 4.78 is 10.7. The Bertz CT molecular complexity index is 687. The molecule has 0 heterocycles. The van der Waals surface area contributed by atoms with Gasteiger partial charge < -0.3 is 19.9 Å². The maximum absolute atomic E-state index is 11.9. The minimum atomic E-state index is -0.847. The summed E-state index contributed by atoms with van der Waals surface area (Å²) in [6, 6.07) is 16.5. The number of anilines is 1. The second-order valence-corrected chi connectivity index (χ2v) is 5.36. The molecule has 0 saturated carbocycles. The van der Waals surface area contributed by atoms with E-state index in [2.05, 4.69) is 5.32 Å². The van der Waals surface area contributed by atoms with Crippen LogP contribution >= 0.6 is 0 Å². The van der Waals surface area contributed by atoms with Gasteiger partial charge in [0, 0.05) is 12.1 Å². The second kappa shape index (κ2) is 10.1. The number of hydrogen-bond donors (Lipinski definition) is 2. The van der Waals surface area contributed by atoms with Crippen molar-refractivity contribution < 1.29 is 24.2 Å². The first-order chi connectivity index (χ1) is 12.1. The van der Waals surface area contributed by atoms with Crippen LogP contribution in [-0.4, -0.2) is 36.8 Å². The number of aliphatic carboxylic acids is 1. The fraction of sp³-hybridized carbons (Fsp3) is 0.263. The lowest BCUT2D eigenvalue weighted by Gasteiger charge is -2.09. The molecule has 2 aromatic rings. The first kappa shape index (κ1) is 18.5. The first-order valence-corrected chi connectivity index (χ1v) is 7.99. The number of carboxylic acid groups (broad SMARTS) is 1. The minimum absolute atomic E-state index is 0.0575. The number of amides is 1. The predicted octanol–water partition coefficient (Wildman–Crippen LogP) is 2.74. The van der Waals surface area contributed by atoms with Gasteiger partial charge in [-0.05, 0) is 36.2 Å². The average Bonchev–Trinajstić information content (AvgIpc) is 2.61. The van der Waals surface area contributed by atoms with Crippen LogP contribution < -0.4 is 10.1 Å². The van der Waals surface area contributed by atoms with Crippen LogP contribution in [0.2, 0.25) is 0 Å². The van der Waals surface area contributed by atoms with Gasteiger partial charge in [0.1, 0.15) is 19.0 Å². The van der Waals surface area contributed by atoms with Crippen molar-refractivity contribution >= 4 is 17.6 Å². The Balaban J connectivity index is 1.66. The van der Waals surface area contributed by atoms with Gasteiger partial charge in [-0.2, -0.15) is 0 Å². The Hall–Kier alpha value is -2.86. The fourth-order valence-corrected chi connectivity index (χ4v) is 2.15. The van der Waals surface area contributed by atoms with Gasteiger partial charge >= 0.3 is 5.97 Å². The van der Waals surface area contributed by atoms with Gasteiger partial charge in [-0.25, -0.2) is 0 Å². The molecule has 0 bridgehead atoms. The zero-order chi connectivity index (χ0) is 17.9. The summed E-state index contributed by atoms with van der Waals surface area (Å²) in [5, 5.41) is 11.4. The highest BCUT2D eigenvalue weighted by molar-refractivity contribution is 5.91. The zero-order valence-electron chi connectivity index (χ0n) is 13.8. The van der Waals surface area contributed by atoms with Crippen LogP contribution in [0.25, 0.3) is 0 Å². The van der Waals surface area contributed by atoms with E-state index in [-0.39, 0.29) is 18.9 Å². The van der Waals surface area contributed by atoms with Crippen molar-refractivity contribution in [1.82, 2.24) is 0 Å². The Morgan fingerprint density at radius 1 is 1.00 bits per heavy atom. The number of carboxylic acids is 1. The molecule has 25 heavy (non-hydrogen) atoms. The van der Waals surface area contributed by atoms with Gasteiger partial charge in [0.05, 0.1) is 6.61 Å². The highest BCUT2D eigenvalue weighted by Gasteiger charge is 2.05. The van der Waals surface area contributed by atoms with Crippen molar-refractivity contribution in [3.05, 3.63) is 60.2 Å². The molecule has 132 valence electrons. The molecule has 0 aromatic heterocycles. The third-order valence-electron chi connectivity index (χ3n) is 3.31. The molecule has 2 aromatic carbocycles. The summed E-state index contributed by atoms with van der Waals surface area (Å²) in [7, 11) is 0. The molecule has 6 heteroatoms. The third kappa shape index (κ3) is 7.50. The largest absolute Gasteiger partial charge is 0.491 e. The van der Waals surface area contributed by atoms with Crippen molar-refractivity contribution in [3.8, 4) is 5.75 Å². The number of para-hydroxylation sites is 1. The van der Waals surface area contributed by atoms with Crippen LogP contribution in [0.15, 0.2) is 54.6 Å². The van der Waals surface area contributed by atoms with Crippen LogP contribution in [0.3, 0.4) is 0 Å². The zero-order valence-corrected chi connectivity index (χ0v) is 13.8. The molecule has 0 aliphatic carbocycles. The smallest absolute Gasteiger partial charge is 0.303 e. The maximum atomic E-state index is 11.9. The molecule has 1 amide bonds. The van der Waals surface area contributed by atoms with Gasteiger partial charge in [0.2, 0.25) is 5.91 Å². The number of carbonyl (C=O) groups excluding carboxylic acids is 1. The van der Waals surface area contributed by atoms with Gasteiger partial charge in [-0.3, -0.25) is 9.59 Å². The number of ether oxygens (including phenoxy) is 2. The molecule has 2 rings (SSSR count). The lowest BCUT2D eigenvalue weighted by Crippen LogP contribution is -2.20. The molecular formula is C19H21NO5. The van der Waals surface area contributed by atoms with Crippen LogP contribution in [0.1, 0.15) is 12.0 Å². The summed E-state index contributed by atoms with van der Waals surface area (Å²) in [5.74, 6) is -0.357. The molecule has 2 N–H and O–H groups in total. The van der Waals surface area contributed by atoms with E-state index in [1.165, 1.54) is 0 Å². The fourth-order valence-electron chi connectivity index (χ4n) is 2.15. The quantitative estimate of drug-likeness (QED) is 0.648. The van der Waals surface area contributed by atoms with E-state index in [9.17, 15) is 9.59 Å². The number of hydrogen-bond acceptors (Lipinski definition) is 4. The van der Waals surface area contributed by atoms with Crippen molar-refractivity contribution in [1.29, 1.82) is 0 Å². The summed E-state index contributed by atoms with van der Waals surface area (Å²) in [6.07, 6.45) is 0.480. The number of nitrogens with one attached hydrogen (secondary N) is 1. The summed E-state index contributed by atoms with van der Waals surface area (Å²) in [5.41, 5.74) is 1.48. The van der Waals surface area contributed by atoms with Gasteiger partial charge in [0.15, 0.2) is 0 Å². The summed E-state index contributed by atoms with van der Waals surface area (Å²) in [4.78, 5) is 22.5. The molecule has 0 unspecified atom stereocenters. The highest BCUT2D eigenvalue weighted by atomic mass is 16.5. The van der Waals surface area contributed by atoms with E-state index in [4.69, 9.17) is 14.6 Å². The lowest BCUT2D eigenvalue weighted by atomic mass is 10.1. The number of rotatable bonds is 10. The maximum Gasteiger partial charge on any atom is 0.303 e. The second-order valence-electron chi connectivity index (χ2n) is 5.36. The Morgan fingerprint density at radius 2 is 1.80 bits per heavy atom. The van der Waals surface area contributed by atoms with Gasteiger partial charge in [-0.1, -0.05) is 30.3 Å². The van der Waals surface area contributed by atoms with Crippen LogP contribution in [0, 0.1) is 0 Å². The monoisotopic (exact) mass is 343 g/mol. The van der Waals surface area contributed by atoms with Crippen LogP contribution in [-0.2, 0) is 20.7 Å². The lowest BCUT2D eigenvalue weighted by molar-refractivity contribution is -0.137. The van der Waals surface area contributed by atoms with Crippen LogP contribution in [0.4, 0.5) is 5.69 Å². The summed E-state index contributed by atoms with van der Waals surface area (Å²) in [6.45, 7) is 0.598. The van der Waals surface area contributed by atoms with E-state index in [1.54, 1.807) is 18.2 Å². The highest BCUT2D eigenvalue weighted by Crippen LogP contribution is 2.12. The predicted molar refractivity (Wildman–Crippen MR) is 93.8 cm³/mol. The van der Waals surface area contributed by atoms with Crippen molar-refractivity contribution in [2.24, 2.45) is 0 Å². The van der Waals surface area contributed by atoms with Crippen molar-refractivity contribution in [2.75, 3.05) is 25.1 Å². The first-order valence-electron chi connectivity index (χ1n) is 7.99. The molecule has 0 aliphatic heterocycles. The van der Waals surface area contributed by atoms with Gasteiger partial charge in [0.25, 0.3) is 0 Å². The third-order valence-corrected chi connectivity index (χ3v) is 3.31.